The summed E-state index contributed by atoms with van der Waals surface area (Å²) < 4.78 is 5.03. The lowest BCUT2D eigenvalue weighted by Gasteiger charge is -1.97. The maximum atomic E-state index is 10.1. The van der Waals surface area contributed by atoms with E-state index in [2.05, 4.69) is 0 Å². The summed E-state index contributed by atoms with van der Waals surface area (Å²) in [4.78, 5) is 10.1. The number of ether oxygens (including phenoxy) is 1. The van der Waals surface area contributed by atoms with Crippen molar-refractivity contribution in [1.82, 2.24) is 0 Å². The van der Waals surface area contributed by atoms with Gasteiger partial charge in [-0.05, 0) is 13.8 Å². The van der Waals surface area contributed by atoms with Crippen LogP contribution in [0, 0.1) is 0 Å². The molecule has 3 heteroatoms. The standard InChI is InChI=1S/C6H10O3/c1-4-6(2,9-4)3-5(7)8/h4H,3H2,1-2H3,(H,7,8). The number of hydrogen-bond donors (Lipinski definition) is 1. The van der Waals surface area contributed by atoms with E-state index in [4.69, 9.17) is 9.84 Å². The van der Waals surface area contributed by atoms with E-state index >= 15 is 0 Å². The van der Waals surface area contributed by atoms with Crippen LogP contribution in [-0.2, 0) is 9.53 Å². The number of epoxide rings is 1. The molecular weight excluding hydrogens is 120 g/mol. The third kappa shape index (κ3) is 1.21. The van der Waals surface area contributed by atoms with Crippen molar-refractivity contribution >= 4 is 5.97 Å². The van der Waals surface area contributed by atoms with Gasteiger partial charge in [0, 0.05) is 0 Å². The summed E-state index contributed by atoms with van der Waals surface area (Å²) in [5, 5.41) is 8.33. The maximum Gasteiger partial charge on any atom is 0.306 e. The molecule has 0 aromatic heterocycles. The van der Waals surface area contributed by atoms with Crippen LogP contribution in [0.15, 0.2) is 0 Å². The minimum Gasteiger partial charge on any atom is -0.481 e. The van der Waals surface area contributed by atoms with Gasteiger partial charge in [-0.3, -0.25) is 4.79 Å². The van der Waals surface area contributed by atoms with Gasteiger partial charge in [0.2, 0.25) is 0 Å². The molecular formula is C6H10O3. The fraction of sp³-hybridized carbons (Fsp3) is 0.833. The highest BCUT2D eigenvalue weighted by molar-refractivity contribution is 5.68. The zero-order valence-electron chi connectivity index (χ0n) is 5.55. The number of aliphatic carboxylic acids is 1. The van der Waals surface area contributed by atoms with Crippen LogP contribution in [0.2, 0.25) is 0 Å². The molecule has 0 saturated carbocycles. The van der Waals surface area contributed by atoms with E-state index in [1.54, 1.807) is 0 Å². The zero-order chi connectivity index (χ0) is 7.07. The van der Waals surface area contributed by atoms with E-state index in [-0.39, 0.29) is 18.1 Å². The molecule has 52 valence electrons. The van der Waals surface area contributed by atoms with Gasteiger partial charge in [0.1, 0.15) is 5.60 Å². The Balaban J connectivity index is 2.37. The fourth-order valence-electron chi connectivity index (χ4n) is 0.855. The van der Waals surface area contributed by atoms with E-state index in [9.17, 15) is 4.79 Å². The highest BCUT2D eigenvalue weighted by Crippen LogP contribution is 2.38. The minimum absolute atomic E-state index is 0.119. The van der Waals surface area contributed by atoms with Crippen LogP contribution >= 0.6 is 0 Å². The van der Waals surface area contributed by atoms with Gasteiger partial charge in [-0.2, -0.15) is 0 Å². The number of carboxylic acid groups (broad SMARTS) is 1. The summed E-state index contributed by atoms with van der Waals surface area (Å²) >= 11 is 0. The summed E-state index contributed by atoms with van der Waals surface area (Å²) in [6.07, 6.45) is 0.238. The predicted molar refractivity (Wildman–Crippen MR) is 31.2 cm³/mol. The number of carboxylic acids is 1. The average molecular weight is 130 g/mol. The molecule has 0 radical (unpaired) electrons. The number of rotatable bonds is 2. The maximum absolute atomic E-state index is 10.1. The zero-order valence-corrected chi connectivity index (χ0v) is 5.55. The molecule has 1 aliphatic rings. The molecule has 1 rings (SSSR count). The van der Waals surface area contributed by atoms with E-state index in [0.717, 1.165) is 0 Å². The van der Waals surface area contributed by atoms with Crippen molar-refractivity contribution in [2.24, 2.45) is 0 Å². The summed E-state index contributed by atoms with van der Waals surface area (Å²) in [5.41, 5.74) is -0.369. The summed E-state index contributed by atoms with van der Waals surface area (Å²) in [7, 11) is 0. The third-order valence-corrected chi connectivity index (χ3v) is 1.75. The Morgan fingerprint density at radius 2 is 2.33 bits per heavy atom. The van der Waals surface area contributed by atoms with Gasteiger partial charge in [0.15, 0.2) is 0 Å². The van der Waals surface area contributed by atoms with Crippen molar-refractivity contribution in [2.75, 3.05) is 0 Å². The molecule has 1 aliphatic heterocycles. The summed E-state index contributed by atoms with van der Waals surface area (Å²) in [6.45, 7) is 3.69. The average Bonchev–Trinajstić information content (AvgIpc) is 2.10. The Morgan fingerprint density at radius 3 is 2.44 bits per heavy atom. The monoisotopic (exact) mass is 130 g/mol. The molecule has 1 saturated heterocycles. The molecule has 0 amide bonds. The Kier molecular flexibility index (Phi) is 1.24. The first kappa shape index (κ1) is 6.55. The van der Waals surface area contributed by atoms with Gasteiger partial charge in [0.25, 0.3) is 0 Å². The Bertz CT molecular complexity index is 143. The molecule has 2 atom stereocenters. The molecule has 9 heavy (non-hydrogen) atoms. The lowest BCUT2D eigenvalue weighted by atomic mass is 10.1. The fourth-order valence-corrected chi connectivity index (χ4v) is 0.855. The van der Waals surface area contributed by atoms with Crippen molar-refractivity contribution in [3.63, 3.8) is 0 Å². The van der Waals surface area contributed by atoms with Crippen molar-refractivity contribution < 1.29 is 14.6 Å². The highest BCUT2D eigenvalue weighted by Gasteiger charge is 2.50. The van der Waals surface area contributed by atoms with E-state index < -0.39 is 5.97 Å². The van der Waals surface area contributed by atoms with Crippen LogP contribution in [0.5, 0.6) is 0 Å². The van der Waals surface area contributed by atoms with Crippen LogP contribution in [0.3, 0.4) is 0 Å². The van der Waals surface area contributed by atoms with Crippen LogP contribution in [0.1, 0.15) is 20.3 Å². The second kappa shape index (κ2) is 1.70. The lowest BCUT2D eigenvalue weighted by molar-refractivity contribution is -0.138. The Labute approximate surface area is 53.6 Å². The topological polar surface area (TPSA) is 49.8 Å². The first-order valence-electron chi connectivity index (χ1n) is 2.94. The highest BCUT2D eigenvalue weighted by atomic mass is 16.6. The molecule has 0 spiro atoms. The van der Waals surface area contributed by atoms with Crippen LogP contribution < -0.4 is 0 Å². The molecule has 0 aromatic rings. The van der Waals surface area contributed by atoms with E-state index in [1.165, 1.54) is 0 Å². The first-order valence-corrected chi connectivity index (χ1v) is 2.94. The van der Waals surface area contributed by atoms with Gasteiger partial charge >= 0.3 is 5.97 Å². The number of carbonyl (C=O) groups is 1. The second-order valence-electron chi connectivity index (χ2n) is 2.64. The summed E-state index contributed by atoms with van der Waals surface area (Å²) in [5.74, 6) is -0.790. The first-order chi connectivity index (χ1) is 4.04. The minimum atomic E-state index is -0.790. The molecule has 2 unspecified atom stereocenters. The van der Waals surface area contributed by atoms with Crippen molar-refractivity contribution in [3.05, 3.63) is 0 Å². The molecule has 1 N–H and O–H groups in total. The second-order valence-corrected chi connectivity index (χ2v) is 2.64. The lowest BCUT2D eigenvalue weighted by Crippen LogP contribution is -2.14. The number of hydrogen-bond acceptors (Lipinski definition) is 2. The van der Waals surface area contributed by atoms with Gasteiger partial charge in [-0.25, -0.2) is 0 Å². The molecule has 1 fully saturated rings. The SMILES string of the molecule is CC1OC1(C)CC(=O)O. The molecule has 1 heterocycles. The normalized spacial score (nSPS) is 40.4. The molecule has 0 aliphatic carbocycles. The largest absolute Gasteiger partial charge is 0.481 e. The molecule has 3 nitrogen and oxygen atoms in total. The van der Waals surface area contributed by atoms with E-state index in [1.807, 2.05) is 13.8 Å². The van der Waals surface area contributed by atoms with E-state index in [0.29, 0.717) is 0 Å². The van der Waals surface area contributed by atoms with Crippen molar-refractivity contribution in [2.45, 2.75) is 32.0 Å². The van der Waals surface area contributed by atoms with Gasteiger partial charge < -0.3 is 9.84 Å². The van der Waals surface area contributed by atoms with Crippen LogP contribution in [-0.4, -0.2) is 22.8 Å². The van der Waals surface area contributed by atoms with Crippen molar-refractivity contribution in [3.8, 4) is 0 Å². The van der Waals surface area contributed by atoms with Crippen LogP contribution in [0.4, 0.5) is 0 Å². The van der Waals surface area contributed by atoms with Crippen molar-refractivity contribution in [1.29, 1.82) is 0 Å². The quantitative estimate of drug-likeness (QED) is 0.558. The Morgan fingerprint density at radius 1 is 1.89 bits per heavy atom. The van der Waals surface area contributed by atoms with Gasteiger partial charge in [-0.15, -0.1) is 0 Å². The van der Waals surface area contributed by atoms with Crippen LogP contribution in [0.25, 0.3) is 0 Å². The third-order valence-electron chi connectivity index (χ3n) is 1.75. The molecule has 0 bridgehead atoms. The predicted octanol–water partition coefficient (Wildman–Crippen LogP) is 0.639. The van der Waals surface area contributed by atoms with Gasteiger partial charge in [0.05, 0.1) is 12.5 Å². The summed E-state index contributed by atoms with van der Waals surface area (Å²) in [6, 6.07) is 0. The van der Waals surface area contributed by atoms with Gasteiger partial charge in [-0.1, -0.05) is 0 Å². The molecule has 0 aromatic carbocycles. The smallest absolute Gasteiger partial charge is 0.306 e. The Hall–Kier alpha value is -0.570.